The van der Waals surface area contributed by atoms with Gasteiger partial charge in [-0.1, -0.05) is 13.8 Å². The standard InChI is InChI=1S/C13H22N2O3S2/c1-3-14(4-2)11-7-8-15(9-11)20(17,18)13-6-5-12(10-16)19-13/h5-6,11,16H,3-4,7-10H2,1-2H3. The van der Waals surface area contributed by atoms with Crippen molar-refractivity contribution in [3.05, 3.63) is 17.0 Å². The van der Waals surface area contributed by atoms with Gasteiger partial charge in [0, 0.05) is 24.0 Å². The molecule has 0 bridgehead atoms. The number of likely N-dealkylation sites (N-methyl/N-ethyl adjacent to an activating group) is 1. The Hall–Kier alpha value is -0.470. The van der Waals surface area contributed by atoms with Crippen LogP contribution in [-0.4, -0.2) is 55.0 Å². The van der Waals surface area contributed by atoms with E-state index in [1.165, 1.54) is 0 Å². The van der Waals surface area contributed by atoms with Crippen LogP contribution in [0.2, 0.25) is 0 Å². The molecule has 5 nitrogen and oxygen atoms in total. The van der Waals surface area contributed by atoms with Crippen molar-refractivity contribution in [2.75, 3.05) is 26.2 Å². The Morgan fingerprint density at radius 3 is 2.65 bits per heavy atom. The second kappa shape index (κ2) is 6.53. The van der Waals surface area contributed by atoms with E-state index in [0.29, 0.717) is 28.2 Å². The highest BCUT2D eigenvalue weighted by Gasteiger charge is 2.35. The molecule has 1 N–H and O–H groups in total. The van der Waals surface area contributed by atoms with Gasteiger partial charge in [0.25, 0.3) is 10.0 Å². The van der Waals surface area contributed by atoms with Crippen LogP contribution in [0.4, 0.5) is 0 Å². The van der Waals surface area contributed by atoms with Gasteiger partial charge in [0.15, 0.2) is 0 Å². The van der Waals surface area contributed by atoms with Crippen molar-refractivity contribution in [1.29, 1.82) is 0 Å². The Morgan fingerprint density at radius 1 is 1.40 bits per heavy atom. The van der Waals surface area contributed by atoms with Crippen LogP contribution in [0.5, 0.6) is 0 Å². The first-order valence-electron chi connectivity index (χ1n) is 6.96. The van der Waals surface area contributed by atoms with Crippen molar-refractivity contribution in [1.82, 2.24) is 9.21 Å². The molecule has 1 aromatic rings. The van der Waals surface area contributed by atoms with Crippen LogP contribution in [0.25, 0.3) is 0 Å². The third-order valence-electron chi connectivity index (χ3n) is 3.84. The number of hydrogen-bond donors (Lipinski definition) is 1. The van der Waals surface area contributed by atoms with E-state index in [1.807, 2.05) is 0 Å². The molecular weight excluding hydrogens is 296 g/mol. The Bertz CT molecular complexity index is 538. The Kier molecular flexibility index (Phi) is 5.19. The summed E-state index contributed by atoms with van der Waals surface area (Å²) in [5, 5.41) is 9.06. The topological polar surface area (TPSA) is 60.9 Å². The highest BCUT2D eigenvalue weighted by atomic mass is 32.2. The Balaban J connectivity index is 2.12. The number of aliphatic hydroxyl groups excluding tert-OH is 1. The van der Waals surface area contributed by atoms with E-state index in [2.05, 4.69) is 18.7 Å². The number of rotatable bonds is 6. The van der Waals surface area contributed by atoms with E-state index in [-0.39, 0.29) is 6.61 Å². The van der Waals surface area contributed by atoms with Crippen molar-refractivity contribution in [2.24, 2.45) is 0 Å². The van der Waals surface area contributed by atoms with Crippen molar-refractivity contribution in [2.45, 2.75) is 37.1 Å². The fourth-order valence-electron chi connectivity index (χ4n) is 2.68. The van der Waals surface area contributed by atoms with Gasteiger partial charge in [-0.2, -0.15) is 4.31 Å². The molecule has 114 valence electrons. The van der Waals surface area contributed by atoms with Gasteiger partial charge in [0.2, 0.25) is 0 Å². The Labute approximate surface area is 124 Å². The average Bonchev–Trinajstić information content (AvgIpc) is 3.09. The molecule has 2 heterocycles. The number of thiophene rings is 1. The minimum absolute atomic E-state index is 0.109. The molecule has 0 amide bonds. The highest BCUT2D eigenvalue weighted by molar-refractivity contribution is 7.91. The smallest absolute Gasteiger partial charge is 0.252 e. The Morgan fingerprint density at radius 2 is 2.10 bits per heavy atom. The van der Waals surface area contributed by atoms with Gasteiger partial charge in [-0.15, -0.1) is 11.3 Å². The summed E-state index contributed by atoms with van der Waals surface area (Å²) < 4.78 is 27.0. The minimum Gasteiger partial charge on any atom is -0.391 e. The summed E-state index contributed by atoms with van der Waals surface area (Å²) in [5.74, 6) is 0. The minimum atomic E-state index is -3.40. The molecule has 2 rings (SSSR count). The van der Waals surface area contributed by atoms with Crippen molar-refractivity contribution in [3.8, 4) is 0 Å². The van der Waals surface area contributed by atoms with Crippen molar-refractivity contribution >= 4 is 21.4 Å². The molecular formula is C13H22N2O3S2. The lowest BCUT2D eigenvalue weighted by molar-refractivity contribution is 0.225. The molecule has 0 aliphatic carbocycles. The third kappa shape index (κ3) is 3.07. The highest BCUT2D eigenvalue weighted by Crippen LogP contribution is 2.28. The van der Waals surface area contributed by atoms with Crippen LogP contribution in [0.3, 0.4) is 0 Å². The zero-order valence-corrected chi connectivity index (χ0v) is 13.6. The van der Waals surface area contributed by atoms with Gasteiger partial charge < -0.3 is 5.11 Å². The van der Waals surface area contributed by atoms with Gasteiger partial charge in [-0.05, 0) is 31.6 Å². The summed E-state index contributed by atoms with van der Waals surface area (Å²) in [7, 11) is -3.40. The molecule has 1 unspecified atom stereocenters. The molecule has 0 aromatic carbocycles. The van der Waals surface area contributed by atoms with Crippen LogP contribution < -0.4 is 0 Å². The molecule has 20 heavy (non-hydrogen) atoms. The van der Waals surface area contributed by atoms with E-state index >= 15 is 0 Å². The quantitative estimate of drug-likeness (QED) is 0.860. The zero-order chi connectivity index (χ0) is 14.8. The predicted molar refractivity (Wildman–Crippen MR) is 80.3 cm³/mol. The number of hydrogen-bond acceptors (Lipinski definition) is 5. The molecule has 0 spiro atoms. The zero-order valence-electron chi connectivity index (χ0n) is 11.9. The molecule has 0 radical (unpaired) electrons. The molecule has 1 aliphatic heterocycles. The van der Waals surface area contributed by atoms with Crippen LogP contribution in [0, 0.1) is 0 Å². The summed E-state index contributed by atoms with van der Waals surface area (Å²) >= 11 is 1.15. The first-order chi connectivity index (χ1) is 9.52. The number of sulfonamides is 1. The normalized spacial score (nSPS) is 20.9. The molecule has 0 saturated carbocycles. The SMILES string of the molecule is CCN(CC)C1CCN(S(=O)(=O)c2ccc(CO)s2)C1. The first kappa shape index (κ1) is 15.9. The maximum atomic E-state index is 12.5. The van der Waals surface area contributed by atoms with Gasteiger partial charge in [0.05, 0.1) is 6.61 Å². The van der Waals surface area contributed by atoms with Crippen molar-refractivity contribution < 1.29 is 13.5 Å². The van der Waals surface area contributed by atoms with Gasteiger partial charge >= 0.3 is 0 Å². The second-order valence-corrected chi connectivity index (χ2v) is 8.24. The van der Waals surface area contributed by atoms with Crippen LogP contribution >= 0.6 is 11.3 Å². The van der Waals surface area contributed by atoms with Crippen LogP contribution in [0.1, 0.15) is 25.1 Å². The van der Waals surface area contributed by atoms with Crippen molar-refractivity contribution in [3.63, 3.8) is 0 Å². The molecule has 1 saturated heterocycles. The van der Waals surface area contributed by atoms with Crippen LogP contribution in [0.15, 0.2) is 16.3 Å². The summed E-state index contributed by atoms with van der Waals surface area (Å²) in [6.45, 7) is 7.14. The van der Waals surface area contributed by atoms with Gasteiger partial charge in [-0.25, -0.2) is 8.42 Å². The summed E-state index contributed by atoms with van der Waals surface area (Å²) in [5.41, 5.74) is 0. The summed E-state index contributed by atoms with van der Waals surface area (Å²) in [6.07, 6.45) is 0.888. The lowest BCUT2D eigenvalue weighted by atomic mass is 10.2. The largest absolute Gasteiger partial charge is 0.391 e. The van der Waals surface area contributed by atoms with E-state index in [0.717, 1.165) is 30.8 Å². The maximum Gasteiger partial charge on any atom is 0.252 e. The lowest BCUT2D eigenvalue weighted by Gasteiger charge is -2.25. The average molecular weight is 318 g/mol. The second-order valence-electron chi connectivity index (χ2n) is 4.91. The monoisotopic (exact) mass is 318 g/mol. The molecule has 1 atom stereocenters. The molecule has 7 heteroatoms. The number of aliphatic hydroxyl groups is 1. The molecule has 1 fully saturated rings. The van der Waals surface area contributed by atoms with E-state index in [9.17, 15) is 8.42 Å². The predicted octanol–water partition coefficient (Wildman–Crippen LogP) is 1.35. The fourth-order valence-corrected chi connectivity index (χ4v) is 5.54. The van der Waals surface area contributed by atoms with E-state index in [1.54, 1.807) is 16.4 Å². The lowest BCUT2D eigenvalue weighted by Crippen LogP contribution is -2.38. The fraction of sp³-hybridized carbons (Fsp3) is 0.692. The van der Waals surface area contributed by atoms with Gasteiger partial charge in [0.1, 0.15) is 4.21 Å². The van der Waals surface area contributed by atoms with Gasteiger partial charge in [-0.3, -0.25) is 4.90 Å². The van der Waals surface area contributed by atoms with E-state index < -0.39 is 10.0 Å². The van der Waals surface area contributed by atoms with Crippen LogP contribution in [-0.2, 0) is 16.6 Å². The van der Waals surface area contributed by atoms with E-state index in [4.69, 9.17) is 5.11 Å². The first-order valence-corrected chi connectivity index (χ1v) is 9.22. The maximum absolute atomic E-state index is 12.5. The molecule has 1 aromatic heterocycles. The summed E-state index contributed by atoms with van der Waals surface area (Å²) in [4.78, 5) is 2.99. The summed E-state index contributed by atoms with van der Waals surface area (Å²) in [6, 6.07) is 3.59. The molecule has 1 aliphatic rings. The third-order valence-corrected chi connectivity index (χ3v) is 7.24. The number of nitrogens with zero attached hydrogens (tertiary/aromatic N) is 2.